The van der Waals surface area contributed by atoms with E-state index in [-0.39, 0.29) is 30.2 Å². The Labute approximate surface area is 366 Å². The average molecular weight is 842 g/mol. The van der Waals surface area contributed by atoms with Crippen molar-refractivity contribution in [1.82, 2.24) is 10.2 Å². The topological polar surface area (TPSA) is 146 Å². The van der Waals surface area contributed by atoms with E-state index in [1.54, 1.807) is 49.4 Å². The molecule has 2 fully saturated rings. The third-order valence-corrected chi connectivity index (χ3v) is 12.8. The van der Waals surface area contributed by atoms with E-state index >= 15 is 4.79 Å². The van der Waals surface area contributed by atoms with E-state index in [9.17, 15) is 24.6 Å². The van der Waals surface area contributed by atoms with Gasteiger partial charge in [0.2, 0.25) is 5.91 Å². The molecule has 4 aliphatic rings. The largest absolute Gasteiger partial charge is 0.491 e. The number of aliphatic hydroxyl groups is 1. The SMILES string of the molecule is CC(NC(=O)N1C(=O)C2(c3cc(C#CC4=CCCCC4)ccc31)C(C(=O)O)C1C(=O)OC(c3ccccc3)C(c3ccccc3)N1C2c1ccccc1OCCO)c1ccccc1. The van der Waals surface area contributed by atoms with Gasteiger partial charge in [-0.05, 0) is 84.7 Å². The molecule has 11 heteroatoms. The quantitative estimate of drug-likeness (QED) is 0.0990. The van der Waals surface area contributed by atoms with E-state index < -0.39 is 65.5 Å². The molecule has 318 valence electrons. The standard InChI is InChI=1S/C52H47N3O8/c1-33(36-18-8-3-9-19-36)53-51(61)54-41-29-28-35(27-26-34-16-6-2-7-17-34)32-40(41)52(50(54)60)43(48(57)58)45-49(59)63-46(38-22-12-5-13-23-38)44(37-20-10-4-11-21-37)55(45)47(52)39-24-14-15-25-42(39)62-31-30-56/h3-5,8-16,18-25,28-29,32-33,43-47,56H,2,6-7,17,30-31H2,1H3,(H,53,61)(H,57,58). The molecule has 2 saturated heterocycles. The van der Waals surface area contributed by atoms with Crippen LogP contribution in [0.1, 0.15) is 90.2 Å². The van der Waals surface area contributed by atoms with Gasteiger partial charge in [0, 0.05) is 11.1 Å². The second kappa shape index (κ2) is 17.4. The lowest BCUT2D eigenvalue weighted by atomic mass is 9.65. The van der Waals surface area contributed by atoms with Crippen molar-refractivity contribution < 1.29 is 38.9 Å². The maximum atomic E-state index is 16.2. The molecule has 3 N–H and O–H groups in total. The van der Waals surface area contributed by atoms with Crippen molar-refractivity contribution in [3.63, 3.8) is 0 Å². The highest BCUT2D eigenvalue weighted by Crippen LogP contribution is 2.66. The maximum Gasteiger partial charge on any atom is 0.329 e. The van der Waals surface area contributed by atoms with Crippen LogP contribution in [0.4, 0.5) is 10.5 Å². The van der Waals surface area contributed by atoms with Crippen LogP contribution in [0.3, 0.4) is 0 Å². The first-order valence-electron chi connectivity index (χ1n) is 21.4. The first kappa shape index (κ1) is 41.4. The van der Waals surface area contributed by atoms with Crippen molar-refractivity contribution in [3.8, 4) is 17.6 Å². The molecule has 0 bridgehead atoms. The predicted octanol–water partition coefficient (Wildman–Crippen LogP) is 8.13. The number of cyclic esters (lactones) is 1. The number of carbonyl (C=O) groups is 4. The predicted molar refractivity (Wildman–Crippen MR) is 235 cm³/mol. The fourth-order valence-corrected chi connectivity index (χ4v) is 10.1. The molecule has 1 spiro atoms. The molecule has 11 nitrogen and oxygen atoms in total. The Kier molecular flexibility index (Phi) is 11.4. The van der Waals surface area contributed by atoms with E-state index in [2.05, 4.69) is 23.2 Å². The van der Waals surface area contributed by atoms with Crippen LogP contribution in [0, 0.1) is 17.8 Å². The van der Waals surface area contributed by atoms with Gasteiger partial charge >= 0.3 is 18.0 Å². The summed E-state index contributed by atoms with van der Waals surface area (Å²) in [4.78, 5) is 63.3. The summed E-state index contributed by atoms with van der Waals surface area (Å²) < 4.78 is 12.6. The number of allylic oxidation sites excluding steroid dienone is 2. The van der Waals surface area contributed by atoms with E-state index in [0.29, 0.717) is 22.3 Å². The van der Waals surface area contributed by atoms with Crippen molar-refractivity contribution in [3.05, 3.63) is 178 Å². The molecular formula is C52H47N3O8. The lowest BCUT2D eigenvalue weighted by Crippen LogP contribution is -2.54. The second-order valence-electron chi connectivity index (χ2n) is 16.4. The number of aliphatic carboxylic acids is 1. The number of esters is 1. The lowest BCUT2D eigenvalue weighted by molar-refractivity contribution is -0.179. The van der Waals surface area contributed by atoms with Gasteiger partial charge in [-0.15, -0.1) is 0 Å². The Morgan fingerprint density at radius 3 is 2.22 bits per heavy atom. The van der Waals surface area contributed by atoms with Gasteiger partial charge in [-0.3, -0.25) is 19.3 Å². The molecule has 63 heavy (non-hydrogen) atoms. The first-order valence-corrected chi connectivity index (χ1v) is 21.4. The number of benzene rings is 5. The number of hydrogen-bond donors (Lipinski definition) is 3. The highest BCUT2D eigenvalue weighted by atomic mass is 16.6. The Morgan fingerprint density at radius 1 is 0.857 bits per heavy atom. The number of morpholine rings is 1. The molecule has 0 saturated carbocycles. The number of ether oxygens (including phenoxy) is 2. The molecule has 7 atom stereocenters. The van der Waals surface area contributed by atoms with Gasteiger partial charge in [0.05, 0.1) is 30.4 Å². The molecule has 3 amide bonds. The molecule has 1 aliphatic carbocycles. The van der Waals surface area contributed by atoms with E-state index in [0.717, 1.165) is 41.7 Å². The number of para-hydroxylation sites is 1. The van der Waals surface area contributed by atoms with Crippen molar-refractivity contribution in [2.24, 2.45) is 5.92 Å². The van der Waals surface area contributed by atoms with Gasteiger partial charge in [0.15, 0.2) is 0 Å². The minimum Gasteiger partial charge on any atom is -0.491 e. The van der Waals surface area contributed by atoms with Crippen LogP contribution in [-0.4, -0.2) is 58.2 Å². The van der Waals surface area contributed by atoms with Crippen LogP contribution >= 0.6 is 0 Å². The smallest absolute Gasteiger partial charge is 0.329 e. The summed E-state index contributed by atoms with van der Waals surface area (Å²) in [6.45, 7) is 1.38. The highest BCUT2D eigenvalue weighted by Gasteiger charge is 2.76. The number of urea groups is 1. The fraction of sp³-hybridized carbons (Fsp3) is 0.269. The number of anilines is 1. The van der Waals surface area contributed by atoms with Gasteiger partial charge in [0.25, 0.3) is 0 Å². The number of fused-ring (bicyclic) bond motifs is 3. The minimum atomic E-state index is -2.16. The average Bonchev–Trinajstić information content (AvgIpc) is 3.77. The number of carboxylic acids is 1. The molecule has 5 aromatic carbocycles. The molecule has 3 aliphatic heterocycles. The van der Waals surface area contributed by atoms with Crippen molar-refractivity contribution in [1.29, 1.82) is 0 Å². The Bertz CT molecular complexity index is 2640. The Morgan fingerprint density at radius 2 is 1.54 bits per heavy atom. The number of aliphatic hydroxyl groups excluding tert-OH is 1. The molecule has 0 aromatic heterocycles. The van der Waals surface area contributed by atoms with Gasteiger partial charge < -0.3 is 25.0 Å². The van der Waals surface area contributed by atoms with Crippen LogP contribution in [0.15, 0.2) is 145 Å². The number of nitrogens with one attached hydrogen (secondary N) is 1. The minimum absolute atomic E-state index is 0.106. The second-order valence-corrected chi connectivity index (χ2v) is 16.4. The van der Waals surface area contributed by atoms with E-state index in [1.807, 2.05) is 95.9 Å². The molecule has 9 rings (SSSR count). The van der Waals surface area contributed by atoms with Gasteiger partial charge in [-0.2, -0.15) is 0 Å². The molecular weight excluding hydrogens is 795 g/mol. The molecule has 7 unspecified atom stereocenters. The Hall–Kier alpha value is -7.00. The zero-order chi connectivity index (χ0) is 43.7. The fourth-order valence-electron chi connectivity index (χ4n) is 10.1. The summed E-state index contributed by atoms with van der Waals surface area (Å²) >= 11 is 0. The van der Waals surface area contributed by atoms with Gasteiger partial charge in [-0.1, -0.05) is 127 Å². The highest BCUT2D eigenvalue weighted by molar-refractivity contribution is 6.24. The summed E-state index contributed by atoms with van der Waals surface area (Å²) in [5.41, 5.74) is 2.33. The number of rotatable bonds is 9. The van der Waals surface area contributed by atoms with Crippen molar-refractivity contribution in [2.75, 3.05) is 18.1 Å². The monoisotopic (exact) mass is 841 g/mol. The van der Waals surface area contributed by atoms with Crippen molar-refractivity contribution >= 4 is 29.6 Å². The molecule has 3 heterocycles. The van der Waals surface area contributed by atoms with Crippen LogP contribution in [0.25, 0.3) is 0 Å². The number of nitrogens with zero attached hydrogens (tertiary/aromatic N) is 2. The number of amides is 3. The third-order valence-electron chi connectivity index (χ3n) is 12.8. The summed E-state index contributed by atoms with van der Waals surface area (Å²) in [5.74, 6) is 2.00. The maximum absolute atomic E-state index is 16.2. The normalized spacial score (nSPS) is 24.3. The van der Waals surface area contributed by atoms with Crippen LogP contribution in [0.2, 0.25) is 0 Å². The number of carbonyl (C=O) groups excluding carboxylic acids is 3. The van der Waals surface area contributed by atoms with Crippen LogP contribution in [0.5, 0.6) is 5.75 Å². The van der Waals surface area contributed by atoms with Crippen LogP contribution in [-0.2, 0) is 24.5 Å². The lowest BCUT2D eigenvalue weighted by Gasteiger charge is -2.46. The molecule has 5 aromatic rings. The van der Waals surface area contributed by atoms with Gasteiger partial charge in [-0.25, -0.2) is 9.69 Å². The van der Waals surface area contributed by atoms with Crippen LogP contribution < -0.4 is 15.0 Å². The summed E-state index contributed by atoms with van der Waals surface area (Å²) in [5, 5.41) is 24.7. The summed E-state index contributed by atoms with van der Waals surface area (Å²) in [6.07, 6.45) is 5.06. The first-order chi connectivity index (χ1) is 30.7. The van der Waals surface area contributed by atoms with E-state index in [1.165, 1.54) is 0 Å². The number of carboxylic acid groups (broad SMARTS) is 1. The van der Waals surface area contributed by atoms with Crippen molar-refractivity contribution in [2.45, 2.75) is 68.3 Å². The zero-order valence-corrected chi connectivity index (χ0v) is 34.7. The number of imide groups is 1. The zero-order valence-electron chi connectivity index (χ0n) is 34.7. The van der Waals surface area contributed by atoms with Gasteiger partial charge in [0.1, 0.15) is 35.8 Å². The third kappa shape index (κ3) is 7.25. The Balaban J connectivity index is 1.33. The summed E-state index contributed by atoms with van der Waals surface area (Å²) in [6, 6.07) is 35.1. The molecule has 0 radical (unpaired) electrons. The number of hydrogen-bond acceptors (Lipinski definition) is 8. The summed E-state index contributed by atoms with van der Waals surface area (Å²) in [7, 11) is 0. The van der Waals surface area contributed by atoms with E-state index in [4.69, 9.17) is 9.47 Å².